The third-order valence-electron chi connectivity index (χ3n) is 5.88. The maximum atomic E-state index is 13.0. The fourth-order valence-electron chi connectivity index (χ4n) is 3.88. The van der Waals surface area contributed by atoms with Gasteiger partial charge in [-0.05, 0) is 73.2 Å². The summed E-state index contributed by atoms with van der Waals surface area (Å²) in [5.74, 6) is -0.218. The van der Waals surface area contributed by atoms with Gasteiger partial charge in [-0.1, -0.05) is 65.7 Å². The van der Waals surface area contributed by atoms with Gasteiger partial charge in [0, 0.05) is 19.7 Å². The molecule has 0 saturated heterocycles. The van der Waals surface area contributed by atoms with Crippen LogP contribution >= 0.6 is 23.2 Å². The lowest BCUT2D eigenvalue weighted by atomic mass is 10.1. The molecule has 0 heterocycles. The molecule has 0 spiro atoms. The van der Waals surface area contributed by atoms with Crippen LogP contribution in [-0.4, -0.2) is 36.3 Å². The Labute approximate surface area is 217 Å². The average Bonchev–Trinajstić information content (AvgIpc) is 2.85. The highest BCUT2D eigenvalue weighted by Crippen LogP contribution is 2.31. The van der Waals surface area contributed by atoms with Gasteiger partial charge >= 0.3 is 0 Å². The first-order valence-corrected chi connectivity index (χ1v) is 12.7. The Morgan fingerprint density at radius 2 is 1.57 bits per heavy atom. The molecular weight excluding hydrogens is 486 g/mol. The SMILES string of the molecule is Nc1c(Cl)cc(C(O)CN(CCCCCOCCc2ccc(F)cc2)Cc2ccccc2)cc1Cl. The van der Waals surface area contributed by atoms with Crippen LogP contribution in [0.4, 0.5) is 10.1 Å². The van der Waals surface area contributed by atoms with Crippen LogP contribution in [0.5, 0.6) is 0 Å². The van der Waals surface area contributed by atoms with Crippen molar-refractivity contribution in [3.8, 4) is 0 Å². The second kappa shape index (κ2) is 14.4. The van der Waals surface area contributed by atoms with E-state index in [2.05, 4.69) is 17.0 Å². The summed E-state index contributed by atoms with van der Waals surface area (Å²) in [7, 11) is 0. The summed E-state index contributed by atoms with van der Waals surface area (Å²) in [6.07, 6.45) is 3.03. The molecule has 0 aliphatic heterocycles. The van der Waals surface area contributed by atoms with Crippen LogP contribution in [0.1, 0.15) is 42.1 Å². The molecule has 3 aromatic carbocycles. The zero-order valence-corrected chi connectivity index (χ0v) is 21.3. The first kappa shape index (κ1) is 27.4. The Morgan fingerprint density at radius 1 is 0.886 bits per heavy atom. The van der Waals surface area contributed by atoms with Gasteiger partial charge in [0.2, 0.25) is 0 Å². The number of halogens is 3. The van der Waals surface area contributed by atoms with E-state index in [1.54, 1.807) is 24.3 Å². The normalized spacial score (nSPS) is 12.3. The standard InChI is InChI=1S/C28H33Cl2FN2O2/c29-25-17-23(18-26(30)28(25)32)27(34)20-33(19-22-7-3-1-4-8-22)14-5-2-6-15-35-16-13-21-9-11-24(31)12-10-21/h1,3-4,7-12,17-18,27,34H,2,5-6,13-16,19-20,32H2. The van der Waals surface area contributed by atoms with Crippen molar-refractivity contribution < 1.29 is 14.2 Å². The van der Waals surface area contributed by atoms with Gasteiger partial charge in [0.05, 0.1) is 28.4 Å². The van der Waals surface area contributed by atoms with Crippen molar-refractivity contribution in [1.29, 1.82) is 0 Å². The third-order valence-corrected chi connectivity index (χ3v) is 6.50. The second-order valence-electron chi connectivity index (χ2n) is 8.68. The highest BCUT2D eigenvalue weighted by Gasteiger charge is 2.16. The number of aliphatic hydroxyl groups excluding tert-OH is 1. The molecule has 3 aromatic rings. The minimum Gasteiger partial charge on any atom is -0.396 e. The predicted molar refractivity (Wildman–Crippen MR) is 142 cm³/mol. The Morgan fingerprint density at radius 3 is 2.26 bits per heavy atom. The van der Waals surface area contributed by atoms with E-state index in [0.717, 1.165) is 44.3 Å². The fraction of sp³-hybridized carbons (Fsp3) is 0.357. The Balaban J connectivity index is 1.44. The minimum atomic E-state index is -0.732. The molecule has 1 unspecified atom stereocenters. The number of anilines is 1. The molecule has 1 atom stereocenters. The summed E-state index contributed by atoms with van der Waals surface area (Å²) in [5, 5.41) is 11.6. The third kappa shape index (κ3) is 9.43. The predicted octanol–water partition coefficient (Wildman–Crippen LogP) is 6.68. The number of nitrogens with zero attached hydrogens (tertiary/aromatic N) is 1. The van der Waals surface area contributed by atoms with Gasteiger partial charge in [-0.25, -0.2) is 4.39 Å². The van der Waals surface area contributed by atoms with Crippen molar-refractivity contribution in [3.05, 3.63) is 99.3 Å². The molecule has 35 heavy (non-hydrogen) atoms. The molecule has 0 aromatic heterocycles. The van der Waals surface area contributed by atoms with Gasteiger partial charge in [-0.2, -0.15) is 0 Å². The summed E-state index contributed by atoms with van der Waals surface area (Å²) >= 11 is 12.3. The van der Waals surface area contributed by atoms with E-state index in [4.69, 9.17) is 33.7 Å². The highest BCUT2D eigenvalue weighted by molar-refractivity contribution is 6.38. The molecule has 7 heteroatoms. The zero-order chi connectivity index (χ0) is 25.0. The van der Waals surface area contributed by atoms with Crippen molar-refractivity contribution >= 4 is 28.9 Å². The van der Waals surface area contributed by atoms with Crippen molar-refractivity contribution in [2.24, 2.45) is 0 Å². The number of ether oxygens (including phenoxy) is 1. The van der Waals surface area contributed by atoms with Crippen LogP contribution in [-0.2, 0) is 17.7 Å². The van der Waals surface area contributed by atoms with E-state index >= 15 is 0 Å². The monoisotopic (exact) mass is 518 g/mol. The number of rotatable bonds is 14. The van der Waals surface area contributed by atoms with E-state index < -0.39 is 6.10 Å². The van der Waals surface area contributed by atoms with Crippen LogP contribution in [0.3, 0.4) is 0 Å². The van der Waals surface area contributed by atoms with Crippen LogP contribution in [0.15, 0.2) is 66.7 Å². The van der Waals surface area contributed by atoms with Gasteiger partial charge in [-0.3, -0.25) is 4.90 Å². The lowest BCUT2D eigenvalue weighted by Gasteiger charge is -2.26. The average molecular weight is 519 g/mol. The summed E-state index contributed by atoms with van der Waals surface area (Å²) in [5.41, 5.74) is 9.08. The summed E-state index contributed by atoms with van der Waals surface area (Å²) in [6, 6.07) is 20.1. The molecule has 3 N–H and O–H groups in total. The quantitative estimate of drug-likeness (QED) is 0.184. The first-order chi connectivity index (χ1) is 16.9. The second-order valence-corrected chi connectivity index (χ2v) is 9.50. The summed E-state index contributed by atoms with van der Waals surface area (Å²) < 4.78 is 18.7. The number of unbranched alkanes of at least 4 members (excludes halogenated alkanes) is 2. The summed E-state index contributed by atoms with van der Waals surface area (Å²) in [4.78, 5) is 2.24. The molecule has 0 radical (unpaired) electrons. The van der Waals surface area contributed by atoms with Crippen LogP contribution in [0.2, 0.25) is 10.0 Å². The van der Waals surface area contributed by atoms with E-state index in [1.165, 1.54) is 17.7 Å². The van der Waals surface area contributed by atoms with Gasteiger partial charge in [-0.15, -0.1) is 0 Å². The lowest BCUT2D eigenvalue weighted by Crippen LogP contribution is -2.29. The Bertz CT molecular complexity index is 1010. The van der Waals surface area contributed by atoms with Gasteiger partial charge in [0.15, 0.2) is 0 Å². The van der Waals surface area contributed by atoms with Gasteiger partial charge < -0.3 is 15.6 Å². The molecule has 0 aliphatic carbocycles. The number of aliphatic hydroxyl groups is 1. The number of benzene rings is 3. The van der Waals surface area contributed by atoms with E-state index in [1.807, 2.05) is 18.2 Å². The van der Waals surface area contributed by atoms with Crippen LogP contribution < -0.4 is 5.73 Å². The van der Waals surface area contributed by atoms with E-state index in [9.17, 15) is 9.50 Å². The lowest BCUT2D eigenvalue weighted by molar-refractivity contribution is 0.105. The number of hydrogen-bond acceptors (Lipinski definition) is 4. The maximum Gasteiger partial charge on any atom is 0.123 e. The molecule has 0 saturated carbocycles. The van der Waals surface area contributed by atoms with Crippen molar-refractivity contribution in [2.45, 2.75) is 38.3 Å². The topological polar surface area (TPSA) is 58.7 Å². The van der Waals surface area contributed by atoms with Crippen molar-refractivity contribution in [1.82, 2.24) is 4.90 Å². The highest BCUT2D eigenvalue weighted by atomic mass is 35.5. The number of nitrogen functional groups attached to an aromatic ring is 1. The number of hydrogen-bond donors (Lipinski definition) is 2. The molecular formula is C28H33Cl2FN2O2. The smallest absolute Gasteiger partial charge is 0.123 e. The maximum absolute atomic E-state index is 13.0. The molecule has 0 amide bonds. The van der Waals surface area contributed by atoms with E-state index in [-0.39, 0.29) is 5.82 Å². The van der Waals surface area contributed by atoms with Crippen molar-refractivity contribution in [3.63, 3.8) is 0 Å². The molecule has 188 valence electrons. The number of nitrogens with two attached hydrogens (primary N) is 1. The Hall–Kier alpha value is -2.15. The van der Waals surface area contributed by atoms with Gasteiger partial charge in [0.1, 0.15) is 5.82 Å². The summed E-state index contributed by atoms with van der Waals surface area (Å²) in [6.45, 7) is 3.37. The first-order valence-electron chi connectivity index (χ1n) is 11.9. The van der Waals surface area contributed by atoms with Crippen LogP contribution in [0.25, 0.3) is 0 Å². The van der Waals surface area contributed by atoms with Gasteiger partial charge in [0.25, 0.3) is 0 Å². The zero-order valence-electron chi connectivity index (χ0n) is 19.8. The van der Waals surface area contributed by atoms with Crippen molar-refractivity contribution in [2.75, 3.05) is 32.0 Å². The molecule has 0 fully saturated rings. The van der Waals surface area contributed by atoms with Crippen LogP contribution in [0, 0.1) is 5.82 Å². The minimum absolute atomic E-state index is 0.218. The Kier molecular flexibility index (Phi) is 11.3. The molecule has 3 rings (SSSR count). The van der Waals surface area contributed by atoms with E-state index in [0.29, 0.717) is 41.1 Å². The molecule has 0 bridgehead atoms. The molecule has 4 nitrogen and oxygen atoms in total. The molecule has 0 aliphatic rings. The fourth-order valence-corrected chi connectivity index (χ4v) is 4.39. The largest absolute Gasteiger partial charge is 0.396 e.